The molecule has 2 aromatic carbocycles. The van der Waals surface area contributed by atoms with Gasteiger partial charge in [0.15, 0.2) is 5.96 Å². The number of amides is 4. The van der Waals surface area contributed by atoms with E-state index in [4.69, 9.17) is 16.2 Å². The highest BCUT2D eigenvalue weighted by Gasteiger charge is 2.45. The predicted molar refractivity (Wildman–Crippen MR) is 143 cm³/mol. The van der Waals surface area contributed by atoms with Gasteiger partial charge in [-0.3, -0.25) is 25.1 Å². The van der Waals surface area contributed by atoms with Crippen LogP contribution in [0.1, 0.15) is 39.2 Å². The summed E-state index contributed by atoms with van der Waals surface area (Å²) < 4.78 is 5.28. The number of alkyl carbamates (subject to hydrolysis) is 1. The third-order valence-electron chi connectivity index (χ3n) is 5.40. The minimum atomic E-state index is -2.23. The van der Waals surface area contributed by atoms with Crippen LogP contribution in [-0.2, 0) is 16.0 Å². The molecular formula is C25H35N7O6. The van der Waals surface area contributed by atoms with Crippen molar-refractivity contribution in [1.82, 2.24) is 15.5 Å². The lowest BCUT2D eigenvalue weighted by atomic mass is 10.0. The van der Waals surface area contributed by atoms with Gasteiger partial charge in [-0.2, -0.15) is 0 Å². The molecule has 0 saturated carbocycles. The molecule has 0 aliphatic rings. The van der Waals surface area contributed by atoms with Crippen LogP contribution in [0, 0.1) is 10.1 Å². The number of carbonyl (C=O) groups excluding carboxylic acids is 3. The highest BCUT2D eigenvalue weighted by atomic mass is 16.6. The number of fused-ring (bicyclic) bond motifs is 1. The van der Waals surface area contributed by atoms with Gasteiger partial charge in [0.2, 0.25) is 12.2 Å². The Kier molecular flexibility index (Phi) is 9.96. The zero-order valence-corrected chi connectivity index (χ0v) is 22.0. The number of urea groups is 1. The number of ether oxygens (including phenoxy) is 1. The van der Waals surface area contributed by atoms with Gasteiger partial charge in [-0.25, -0.2) is 14.6 Å². The van der Waals surface area contributed by atoms with Crippen molar-refractivity contribution in [3.05, 3.63) is 58.1 Å². The maximum atomic E-state index is 13.9. The van der Waals surface area contributed by atoms with E-state index in [9.17, 15) is 24.5 Å². The van der Waals surface area contributed by atoms with E-state index < -0.39 is 46.7 Å². The molecule has 13 nitrogen and oxygen atoms in total. The van der Waals surface area contributed by atoms with Gasteiger partial charge in [-0.1, -0.05) is 42.5 Å². The van der Waals surface area contributed by atoms with E-state index in [1.807, 2.05) is 42.5 Å². The van der Waals surface area contributed by atoms with Crippen LogP contribution in [0.4, 0.5) is 9.59 Å². The standard InChI is InChI=1S/C25H35N7O6/c1-24(2,3)38-23(35)30-25(29-21(26)27,13-7-14-32(36)37)20(33)31(22(34)28-4)15-12-17-10-11-18-8-5-6-9-19(18)16-17/h5-6,8-11,16H,7,12-15H2,1-4H3,(H,28,34)(H,30,35)(H4,26,27,29)/t25-/m1/s1. The highest BCUT2D eigenvalue weighted by Crippen LogP contribution is 2.22. The van der Waals surface area contributed by atoms with E-state index in [-0.39, 0.29) is 25.8 Å². The molecule has 4 amide bonds. The molecule has 0 radical (unpaired) electrons. The maximum absolute atomic E-state index is 13.9. The van der Waals surface area contributed by atoms with Crippen LogP contribution in [-0.4, -0.2) is 65.2 Å². The molecule has 1 atom stereocenters. The fraction of sp³-hybridized carbons (Fsp3) is 0.440. The first-order valence-corrected chi connectivity index (χ1v) is 12.0. The van der Waals surface area contributed by atoms with Crippen LogP contribution >= 0.6 is 0 Å². The quantitative estimate of drug-likeness (QED) is 0.155. The van der Waals surface area contributed by atoms with Crippen molar-refractivity contribution in [2.24, 2.45) is 16.5 Å². The predicted octanol–water partition coefficient (Wildman–Crippen LogP) is 2.10. The molecule has 0 spiro atoms. The first-order chi connectivity index (χ1) is 17.8. The van der Waals surface area contributed by atoms with Crippen LogP contribution in [0.15, 0.2) is 47.5 Å². The third-order valence-corrected chi connectivity index (χ3v) is 5.40. The zero-order chi connectivity index (χ0) is 28.5. The number of nitrogens with one attached hydrogen (secondary N) is 2. The van der Waals surface area contributed by atoms with E-state index in [1.54, 1.807) is 20.8 Å². The van der Waals surface area contributed by atoms with E-state index in [0.29, 0.717) is 0 Å². The Balaban J connectivity index is 2.45. The summed E-state index contributed by atoms with van der Waals surface area (Å²) in [4.78, 5) is 54.7. The lowest BCUT2D eigenvalue weighted by Gasteiger charge is -2.34. The van der Waals surface area contributed by atoms with E-state index in [2.05, 4.69) is 15.6 Å². The van der Waals surface area contributed by atoms with Gasteiger partial charge in [0.1, 0.15) is 5.60 Å². The maximum Gasteiger partial charge on any atom is 0.409 e. The van der Waals surface area contributed by atoms with E-state index in [1.165, 1.54) is 7.05 Å². The van der Waals surface area contributed by atoms with Crippen molar-refractivity contribution in [1.29, 1.82) is 0 Å². The van der Waals surface area contributed by atoms with Gasteiger partial charge in [0.05, 0.1) is 0 Å². The number of carbonyl (C=O) groups is 3. The van der Waals surface area contributed by atoms with E-state index >= 15 is 0 Å². The Morgan fingerprint density at radius 3 is 2.34 bits per heavy atom. The van der Waals surface area contributed by atoms with Crippen LogP contribution in [0.5, 0.6) is 0 Å². The van der Waals surface area contributed by atoms with Crippen LogP contribution < -0.4 is 22.1 Å². The minimum Gasteiger partial charge on any atom is -0.444 e. The summed E-state index contributed by atoms with van der Waals surface area (Å²) in [6, 6.07) is 12.7. The van der Waals surface area contributed by atoms with Crippen molar-refractivity contribution in [2.45, 2.75) is 51.3 Å². The molecule has 0 bridgehead atoms. The topological polar surface area (TPSA) is 195 Å². The lowest BCUT2D eigenvalue weighted by molar-refractivity contribution is -0.480. The summed E-state index contributed by atoms with van der Waals surface area (Å²) >= 11 is 0. The normalized spacial score (nSPS) is 12.6. The Morgan fingerprint density at radius 2 is 1.76 bits per heavy atom. The van der Waals surface area contributed by atoms with Gasteiger partial charge in [0, 0.05) is 31.4 Å². The van der Waals surface area contributed by atoms with Crippen LogP contribution in [0.2, 0.25) is 0 Å². The number of rotatable bonds is 10. The van der Waals surface area contributed by atoms with E-state index in [0.717, 1.165) is 21.2 Å². The number of hydrogen-bond acceptors (Lipinski definition) is 7. The van der Waals surface area contributed by atoms with Crippen molar-refractivity contribution in [2.75, 3.05) is 20.1 Å². The fourth-order valence-corrected chi connectivity index (χ4v) is 3.80. The SMILES string of the molecule is CNC(=O)N(CCc1ccc2ccccc2c1)C(=O)[C@](CCC[N+](=O)[O-])(N=C(N)N)NC(=O)OC(C)(C)C. The van der Waals surface area contributed by atoms with Crippen molar-refractivity contribution in [3.63, 3.8) is 0 Å². The minimum absolute atomic E-state index is 0.0934. The largest absolute Gasteiger partial charge is 0.444 e. The van der Waals surface area contributed by atoms with Gasteiger partial charge in [-0.05, 0) is 43.5 Å². The van der Waals surface area contributed by atoms with Crippen LogP contribution in [0.3, 0.4) is 0 Å². The molecule has 0 aromatic heterocycles. The molecule has 0 aliphatic heterocycles. The summed E-state index contributed by atoms with van der Waals surface area (Å²) in [6.45, 7) is 4.23. The summed E-state index contributed by atoms with van der Waals surface area (Å²) in [6.07, 6.45) is -1.31. The smallest absolute Gasteiger partial charge is 0.409 e. The van der Waals surface area contributed by atoms with Crippen molar-refractivity contribution in [3.8, 4) is 0 Å². The number of benzene rings is 2. The summed E-state index contributed by atoms with van der Waals surface area (Å²) in [5.41, 5.74) is 8.90. The molecule has 6 N–H and O–H groups in total. The third kappa shape index (κ3) is 8.61. The van der Waals surface area contributed by atoms with Gasteiger partial charge in [-0.15, -0.1) is 0 Å². The second-order valence-electron chi connectivity index (χ2n) is 9.63. The zero-order valence-electron chi connectivity index (χ0n) is 22.0. The molecule has 0 saturated heterocycles. The number of nitrogens with two attached hydrogens (primary N) is 2. The average molecular weight is 530 g/mol. The van der Waals surface area contributed by atoms with Crippen LogP contribution in [0.25, 0.3) is 10.8 Å². The van der Waals surface area contributed by atoms with Gasteiger partial charge < -0.3 is 21.5 Å². The fourth-order valence-electron chi connectivity index (χ4n) is 3.80. The van der Waals surface area contributed by atoms with Crippen molar-refractivity contribution < 1.29 is 24.0 Å². The average Bonchev–Trinajstić information content (AvgIpc) is 2.81. The first-order valence-electron chi connectivity index (χ1n) is 12.0. The second-order valence-corrected chi connectivity index (χ2v) is 9.63. The molecule has 13 heteroatoms. The number of aliphatic imine (C=N–C) groups is 1. The number of nitro groups is 1. The Morgan fingerprint density at radius 1 is 1.11 bits per heavy atom. The Labute approximate surface area is 220 Å². The molecule has 0 fully saturated rings. The summed E-state index contributed by atoms with van der Waals surface area (Å²) in [5, 5.41) is 17.8. The summed E-state index contributed by atoms with van der Waals surface area (Å²) in [7, 11) is 1.34. The molecule has 0 aliphatic carbocycles. The molecule has 2 aromatic rings. The summed E-state index contributed by atoms with van der Waals surface area (Å²) in [5.74, 6) is -1.54. The molecule has 2 rings (SSSR count). The number of hydrogen-bond donors (Lipinski definition) is 4. The number of guanidine groups is 1. The highest BCUT2D eigenvalue weighted by molar-refractivity contribution is 6.01. The van der Waals surface area contributed by atoms with Gasteiger partial charge >= 0.3 is 12.1 Å². The molecular weight excluding hydrogens is 494 g/mol. The molecule has 206 valence electrons. The lowest BCUT2D eigenvalue weighted by Crippen LogP contribution is -2.62. The Bertz CT molecular complexity index is 1210. The monoisotopic (exact) mass is 529 g/mol. The first kappa shape index (κ1) is 29.8. The molecule has 0 heterocycles. The van der Waals surface area contributed by atoms with Crippen molar-refractivity contribution >= 4 is 34.8 Å². The number of nitrogens with zero attached hydrogens (tertiary/aromatic N) is 3. The molecule has 0 unspecified atom stereocenters. The molecule has 38 heavy (non-hydrogen) atoms. The number of imide groups is 1. The Hall–Kier alpha value is -4.42. The second kappa shape index (κ2) is 12.7. The van der Waals surface area contributed by atoms with Gasteiger partial charge in [0.25, 0.3) is 5.91 Å².